The molecule has 1 unspecified atom stereocenters. The number of ether oxygens (including phenoxy) is 2. The van der Waals surface area contributed by atoms with Crippen molar-refractivity contribution < 1.29 is 47.8 Å². The van der Waals surface area contributed by atoms with Crippen LogP contribution in [0, 0.1) is 5.92 Å². The van der Waals surface area contributed by atoms with Crippen molar-refractivity contribution in [1.29, 1.82) is 0 Å². The number of carbonyl (C=O) groups is 8. The minimum atomic E-state index is -1.03. The Hall–Kier alpha value is -5.56. The van der Waals surface area contributed by atoms with Crippen LogP contribution >= 0.6 is 0 Å². The van der Waals surface area contributed by atoms with Gasteiger partial charge < -0.3 is 46.7 Å². The van der Waals surface area contributed by atoms with Crippen molar-refractivity contribution in [3.63, 3.8) is 0 Å². The minimum Gasteiger partial charge on any atom is -0.445 e. The van der Waals surface area contributed by atoms with E-state index in [1.807, 2.05) is 6.92 Å². The summed E-state index contributed by atoms with van der Waals surface area (Å²) in [4.78, 5) is 102. The Morgan fingerprint density at radius 3 is 2.16 bits per heavy atom. The maximum absolute atomic E-state index is 13.5. The number of primary amides is 1. The molecule has 1 heterocycles. The lowest BCUT2D eigenvalue weighted by molar-refractivity contribution is -0.137. The van der Waals surface area contributed by atoms with Gasteiger partial charge in [-0.05, 0) is 50.4 Å². The average Bonchev–Trinajstić information content (AvgIpc) is 3.46. The molecule has 0 radical (unpaired) electrons. The molecule has 0 saturated carbocycles. The van der Waals surface area contributed by atoms with Crippen LogP contribution in [-0.4, -0.2) is 141 Å². The number of carbonyl (C=O) groups excluding carboxylic acids is 8. The lowest BCUT2D eigenvalue weighted by atomic mass is 10.0. The van der Waals surface area contributed by atoms with Crippen LogP contribution in [0.3, 0.4) is 0 Å². The van der Waals surface area contributed by atoms with Crippen LogP contribution in [0.2, 0.25) is 0 Å². The topological polar surface area (TPSA) is 251 Å². The number of rotatable bonds is 24. The van der Waals surface area contributed by atoms with Crippen molar-refractivity contribution in [2.75, 3.05) is 71.9 Å². The van der Waals surface area contributed by atoms with Crippen LogP contribution < -0.4 is 32.3 Å². The normalized spacial score (nSPS) is 13.3. The quantitative estimate of drug-likeness (QED) is 0.0586. The Labute approximate surface area is 321 Å². The van der Waals surface area contributed by atoms with Crippen LogP contribution in [0.25, 0.3) is 0 Å². The van der Waals surface area contributed by atoms with E-state index in [2.05, 4.69) is 26.6 Å². The molecule has 304 valence electrons. The molecule has 1 aliphatic heterocycles. The Bertz CT molecular complexity index is 1500. The van der Waals surface area contributed by atoms with Gasteiger partial charge in [-0.1, -0.05) is 26.0 Å². The summed E-state index contributed by atoms with van der Waals surface area (Å²) in [6, 6.07) is 3.90. The van der Waals surface area contributed by atoms with Gasteiger partial charge in [-0.25, -0.2) is 9.59 Å². The van der Waals surface area contributed by atoms with E-state index in [1.54, 1.807) is 57.1 Å². The third kappa shape index (κ3) is 17.4. The first-order chi connectivity index (χ1) is 26.1. The van der Waals surface area contributed by atoms with Crippen molar-refractivity contribution in [3.8, 4) is 0 Å². The van der Waals surface area contributed by atoms with Crippen LogP contribution in [0.15, 0.2) is 36.4 Å². The molecule has 0 aliphatic carbocycles. The summed E-state index contributed by atoms with van der Waals surface area (Å²) in [6.45, 7) is 6.83. The standard InChI is InChI=1S/C36H55N9O10/c1-6-44(5)36(53)55-23-25-9-11-26(12-10-25)40-33(50)27(8-7-16-39-35(37)52)41-34(51)32(24(2)3)42-29(47)22-43(4)18-15-28(46)38-17-20-54-21-19-45-30(48)13-14-31(45)49/h9-14,24,27,32H,6-8,15-23H2,1-5H3,(H,38,46)(H,40,50)(H,41,51)(H,42,47)(H3,37,39,52)/t27?,32-/m0/s1. The number of hydrogen-bond donors (Lipinski definition) is 6. The summed E-state index contributed by atoms with van der Waals surface area (Å²) in [5, 5.41) is 13.4. The van der Waals surface area contributed by atoms with E-state index in [0.717, 1.165) is 4.90 Å². The zero-order valence-corrected chi connectivity index (χ0v) is 32.2. The fourth-order valence-corrected chi connectivity index (χ4v) is 4.98. The molecule has 0 spiro atoms. The highest BCUT2D eigenvalue weighted by Gasteiger charge is 2.29. The predicted molar refractivity (Wildman–Crippen MR) is 201 cm³/mol. The molecule has 0 bridgehead atoms. The molecule has 0 aromatic heterocycles. The van der Waals surface area contributed by atoms with Gasteiger partial charge >= 0.3 is 12.1 Å². The zero-order valence-electron chi connectivity index (χ0n) is 32.2. The molecule has 0 saturated heterocycles. The first-order valence-electron chi connectivity index (χ1n) is 18.1. The van der Waals surface area contributed by atoms with E-state index < -0.39 is 53.7 Å². The van der Waals surface area contributed by atoms with Gasteiger partial charge in [-0.2, -0.15) is 0 Å². The van der Waals surface area contributed by atoms with E-state index in [-0.39, 0.29) is 77.2 Å². The Balaban J connectivity index is 1.86. The van der Waals surface area contributed by atoms with Gasteiger partial charge in [0.2, 0.25) is 23.6 Å². The lowest BCUT2D eigenvalue weighted by Gasteiger charge is -2.26. The van der Waals surface area contributed by atoms with Crippen molar-refractivity contribution >= 4 is 53.3 Å². The molecule has 1 aromatic carbocycles. The number of amides is 9. The number of benzene rings is 1. The van der Waals surface area contributed by atoms with Crippen molar-refractivity contribution in [1.82, 2.24) is 36.0 Å². The fraction of sp³-hybridized carbons (Fsp3) is 0.556. The second-order valence-corrected chi connectivity index (χ2v) is 13.2. The maximum atomic E-state index is 13.5. The van der Waals surface area contributed by atoms with E-state index in [1.165, 1.54) is 17.1 Å². The first-order valence-corrected chi connectivity index (χ1v) is 18.1. The molecule has 19 nitrogen and oxygen atoms in total. The molecular formula is C36H55N9O10. The number of urea groups is 1. The Morgan fingerprint density at radius 2 is 1.55 bits per heavy atom. The van der Waals surface area contributed by atoms with Gasteiger partial charge in [-0.3, -0.25) is 38.6 Å². The second-order valence-electron chi connectivity index (χ2n) is 13.2. The molecular weight excluding hydrogens is 718 g/mol. The number of nitrogens with two attached hydrogens (primary N) is 1. The highest BCUT2D eigenvalue weighted by atomic mass is 16.6. The average molecular weight is 774 g/mol. The van der Waals surface area contributed by atoms with Gasteiger partial charge in [0.05, 0.1) is 26.3 Å². The van der Waals surface area contributed by atoms with Crippen LogP contribution in [0.4, 0.5) is 15.3 Å². The largest absolute Gasteiger partial charge is 0.445 e. The smallest absolute Gasteiger partial charge is 0.409 e. The maximum Gasteiger partial charge on any atom is 0.409 e. The fourth-order valence-electron chi connectivity index (χ4n) is 4.98. The molecule has 2 atom stereocenters. The minimum absolute atomic E-state index is 0.0440. The first kappa shape index (κ1) is 45.6. The Morgan fingerprint density at radius 1 is 0.873 bits per heavy atom. The van der Waals surface area contributed by atoms with Gasteiger partial charge in [-0.15, -0.1) is 0 Å². The van der Waals surface area contributed by atoms with Gasteiger partial charge in [0.25, 0.3) is 11.8 Å². The number of hydrogen-bond acceptors (Lipinski definition) is 11. The summed E-state index contributed by atoms with van der Waals surface area (Å²) in [5.74, 6) is -2.97. The van der Waals surface area contributed by atoms with Crippen molar-refractivity contribution in [3.05, 3.63) is 42.0 Å². The third-order valence-corrected chi connectivity index (χ3v) is 8.30. The molecule has 55 heavy (non-hydrogen) atoms. The lowest BCUT2D eigenvalue weighted by Crippen LogP contribution is -2.55. The van der Waals surface area contributed by atoms with Crippen molar-refractivity contribution in [2.24, 2.45) is 11.7 Å². The molecule has 0 fully saturated rings. The van der Waals surface area contributed by atoms with Crippen LogP contribution in [-0.2, 0) is 44.8 Å². The molecule has 2 rings (SSSR count). The summed E-state index contributed by atoms with van der Waals surface area (Å²) in [6.07, 6.45) is 2.47. The van der Waals surface area contributed by atoms with E-state index in [9.17, 15) is 38.4 Å². The molecule has 19 heteroatoms. The third-order valence-electron chi connectivity index (χ3n) is 8.30. The van der Waals surface area contributed by atoms with E-state index in [0.29, 0.717) is 24.2 Å². The second kappa shape index (κ2) is 24.0. The molecule has 1 aliphatic rings. The predicted octanol–water partition coefficient (Wildman–Crippen LogP) is -0.333. The summed E-state index contributed by atoms with van der Waals surface area (Å²) in [7, 11) is 3.28. The number of imide groups is 1. The van der Waals surface area contributed by atoms with E-state index in [4.69, 9.17) is 15.2 Å². The molecule has 9 amide bonds. The van der Waals surface area contributed by atoms with Gasteiger partial charge in [0.15, 0.2) is 0 Å². The molecule has 1 aromatic rings. The highest BCUT2D eigenvalue weighted by molar-refractivity contribution is 6.12. The zero-order chi connectivity index (χ0) is 40.9. The summed E-state index contributed by atoms with van der Waals surface area (Å²) in [5.41, 5.74) is 6.29. The monoisotopic (exact) mass is 773 g/mol. The number of anilines is 1. The van der Waals surface area contributed by atoms with Crippen LogP contribution in [0.1, 0.15) is 45.6 Å². The number of likely N-dealkylation sites (N-methyl/N-ethyl adjacent to an activating group) is 1. The van der Waals surface area contributed by atoms with Gasteiger partial charge in [0, 0.05) is 57.5 Å². The Kier molecular flexibility index (Phi) is 19.9. The number of nitrogens with zero attached hydrogens (tertiary/aromatic N) is 3. The summed E-state index contributed by atoms with van der Waals surface area (Å²) >= 11 is 0. The van der Waals surface area contributed by atoms with E-state index >= 15 is 0 Å². The molecule has 7 N–H and O–H groups in total. The van der Waals surface area contributed by atoms with Crippen molar-refractivity contribution in [2.45, 2.75) is 58.7 Å². The SMILES string of the molecule is CCN(C)C(=O)OCc1ccc(NC(=O)C(CCCNC(N)=O)NC(=O)[C@@H](NC(=O)CN(C)CCC(=O)NCCOCCN2C(=O)C=CC2=O)C(C)C)cc1. The van der Waals surface area contributed by atoms with Gasteiger partial charge in [0.1, 0.15) is 18.7 Å². The van der Waals surface area contributed by atoms with Crippen LogP contribution in [0.5, 0.6) is 0 Å². The highest BCUT2D eigenvalue weighted by Crippen LogP contribution is 2.13. The number of nitrogens with one attached hydrogen (secondary N) is 5. The summed E-state index contributed by atoms with van der Waals surface area (Å²) < 4.78 is 10.6.